The fourth-order valence-corrected chi connectivity index (χ4v) is 1.93. The van der Waals surface area contributed by atoms with Crippen LogP contribution in [0.4, 0.5) is 0 Å². The van der Waals surface area contributed by atoms with Gasteiger partial charge in [-0.05, 0) is 11.1 Å². The lowest BCUT2D eigenvalue weighted by Crippen LogP contribution is -2.35. The zero-order valence-corrected chi connectivity index (χ0v) is 12.4. The minimum Gasteiger partial charge on any atom is -0.342 e. The largest absolute Gasteiger partial charge is 0.342 e. The molecule has 0 N–H and O–H groups in total. The van der Waals surface area contributed by atoms with Crippen LogP contribution in [0, 0.1) is 10.1 Å². The molecule has 2 aromatic carbocycles. The third kappa shape index (κ3) is 4.95. The van der Waals surface area contributed by atoms with Crippen LogP contribution in [0.5, 0.6) is 0 Å². The maximum atomic E-state index is 11.0. The molecule has 0 aliphatic heterocycles. The highest BCUT2D eigenvalue weighted by Crippen LogP contribution is 2.12. The number of nitrogens with zero attached hydrogens (tertiary/aromatic N) is 1. The normalized spacial score (nSPS) is 12.3. The molecule has 0 amide bonds. The van der Waals surface area contributed by atoms with Crippen molar-refractivity contribution in [3.05, 3.63) is 81.9 Å². The Balaban J connectivity index is 1.95. The van der Waals surface area contributed by atoms with Crippen LogP contribution in [-0.2, 0) is 22.7 Å². The first-order chi connectivity index (χ1) is 10.7. The van der Waals surface area contributed by atoms with Crippen molar-refractivity contribution < 1.29 is 14.4 Å². The first kappa shape index (κ1) is 16.1. The molecule has 1 unspecified atom stereocenters. The Bertz CT molecular complexity index is 530. The van der Waals surface area contributed by atoms with Crippen LogP contribution in [0.1, 0.15) is 18.1 Å². The molecule has 22 heavy (non-hydrogen) atoms. The van der Waals surface area contributed by atoms with Gasteiger partial charge in [-0.1, -0.05) is 60.7 Å². The van der Waals surface area contributed by atoms with Gasteiger partial charge in [0.25, 0.3) is 6.04 Å². The summed E-state index contributed by atoms with van der Waals surface area (Å²) in [6, 6.07) is 18.1. The van der Waals surface area contributed by atoms with Gasteiger partial charge in [0.05, 0.1) is 13.2 Å². The molecule has 0 radical (unpaired) electrons. The number of hydrogen-bond donors (Lipinski definition) is 0. The number of hydrogen-bond acceptors (Lipinski definition) is 4. The summed E-state index contributed by atoms with van der Waals surface area (Å²) in [6.07, 6.45) is -0.893. The number of nitro groups is 1. The predicted octanol–water partition coefficient (Wildman–Crippen LogP) is 3.41. The zero-order chi connectivity index (χ0) is 15.8. The molecule has 0 saturated heterocycles. The standard InChI is InChI=1S/C17H19NO4/c1-14(18(19)20)17(21-12-15-8-4-2-5-9-15)22-13-16-10-6-3-7-11-16/h2-11,14,17H,12-13H2,1H3. The second kappa shape index (κ2) is 8.26. The predicted molar refractivity (Wildman–Crippen MR) is 82.7 cm³/mol. The number of rotatable bonds is 8. The Hall–Kier alpha value is -2.24. The van der Waals surface area contributed by atoms with Crippen molar-refractivity contribution in [3.63, 3.8) is 0 Å². The minimum absolute atomic E-state index is 0.276. The molecule has 1 atom stereocenters. The van der Waals surface area contributed by atoms with Crippen molar-refractivity contribution in [1.29, 1.82) is 0 Å². The van der Waals surface area contributed by atoms with E-state index in [2.05, 4.69) is 0 Å². The Morgan fingerprint density at radius 3 is 1.68 bits per heavy atom. The minimum atomic E-state index is -0.938. The van der Waals surface area contributed by atoms with E-state index in [4.69, 9.17) is 9.47 Å². The van der Waals surface area contributed by atoms with Crippen LogP contribution >= 0.6 is 0 Å². The molecule has 0 heterocycles. The molecule has 116 valence electrons. The Morgan fingerprint density at radius 2 is 1.32 bits per heavy atom. The molecule has 0 spiro atoms. The average Bonchev–Trinajstić information content (AvgIpc) is 2.56. The van der Waals surface area contributed by atoms with Crippen LogP contribution < -0.4 is 0 Å². The third-order valence-electron chi connectivity index (χ3n) is 3.24. The van der Waals surface area contributed by atoms with E-state index in [1.165, 1.54) is 6.92 Å². The molecule has 2 rings (SSSR count). The highest BCUT2D eigenvalue weighted by molar-refractivity contribution is 5.14. The highest BCUT2D eigenvalue weighted by Gasteiger charge is 2.28. The molecule has 5 heteroatoms. The second-order valence-corrected chi connectivity index (χ2v) is 4.99. The Kier molecular flexibility index (Phi) is 6.06. The van der Waals surface area contributed by atoms with E-state index in [0.29, 0.717) is 0 Å². The van der Waals surface area contributed by atoms with Crippen LogP contribution in [0.3, 0.4) is 0 Å². The van der Waals surface area contributed by atoms with Crippen LogP contribution in [0.25, 0.3) is 0 Å². The van der Waals surface area contributed by atoms with Crippen LogP contribution in [0.15, 0.2) is 60.7 Å². The van der Waals surface area contributed by atoms with E-state index in [-0.39, 0.29) is 18.1 Å². The average molecular weight is 301 g/mol. The smallest absolute Gasteiger partial charge is 0.260 e. The van der Waals surface area contributed by atoms with Gasteiger partial charge in [-0.15, -0.1) is 0 Å². The molecule has 0 bridgehead atoms. The fourth-order valence-electron chi connectivity index (χ4n) is 1.93. The lowest BCUT2D eigenvalue weighted by molar-refractivity contribution is -0.546. The molecular formula is C17H19NO4. The number of ether oxygens (including phenoxy) is 2. The summed E-state index contributed by atoms with van der Waals surface area (Å²) in [5, 5.41) is 11.0. The van der Waals surface area contributed by atoms with Crippen LogP contribution in [-0.4, -0.2) is 17.3 Å². The van der Waals surface area contributed by atoms with Gasteiger partial charge in [0, 0.05) is 11.8 Å². The molecule has 2 aromatic rings. The lowest BCUT2D eigenvalue weighted by atomic mass is 10.2. The van der Waals surface area contributed by atoms with E-state index in [9.17, 15) is 10.1 Å². The monoisotopic (exact) mass is 301 g/mol. The molecule has 0 aromatic heterocycles. The summed E-state index contributed by atoms with van der Waals surface area (Å²) < 4.78 is 11.2. The summed E-state index contributed by atoms with van der Waals surface area (Å²) in [5.41, 5.74) is 1.90. The van der Waals surface area contributed by atoms with Gasteiger partial charge in [-0.25, -0.2) is 0 Å². The van der Waals surface area contributed by atoms with E-state index < -0.39 is 12.3 Å². The zero-order valence-electron chi connectivity index (χ0n) is 12.4. The van der Waals surface area contributed by atoms with Crippen molar-refractivity contribution in [2.75, 3.05) is 0 Å². The maximum Gasteiger partial charge on any atom is 0.260 e. The topological polar surface area (TPSA) is 61.6 Å². The second-order valence-electron chi connectivity index (χ2n) is 4.99. The molecule has 0 fully saturated rings. The molecule has 0 saturated carbocycles. The first-order valence-corrected chi connectivity index (χ1v) is 7.11. The fraction of sp³-hybridized carbons (Fsp3) is 0.294. The van der Waals surface area contributed by atoms with E-state index in [0.717, 1.165) is 11.1 Å². The summed E-state index contributed by atoms with van der Waals surface area (Å²) >= 11 is 0. The van der Waals surface area contributed by atoms with Gasteiger partial charge in [-0.3, -0.25) is 10.1 Å². The molecule has 0 aliphatic rings. The number of benzene rings is 2. The Morgan fingerprint density at radius 1 is 0.909 bits per heavy atom. The lowest BCUT2D eigenvalue weighted by Gasteiger charge is -2.19. The van der Waals surface area contributed by atoms with Gasteiger partial charge >= 0.3 is 0 Å². The van der Waals surface area contributed by atoms with Crippen LogP contribution in [0.2, 0.25) is 0 Å². The van der Waals surface area contributed by atoms with Crippen molar-refractivity contribution in [3.8, 4) is 0 Å². The van der Waals surface area contributed by atoms with Crippen molar-refractivity contribution >= 4 is 0 Å². The highest BCUT2D eigenvalue weighted by atomic mass is 16.7. The van der Waals surface area contributed by atoms with E-state index in [1.807, 2.05) is 60.7 Å². The van der Waals surface area contributed by atoms with E-state index >= 15 is 0 Å². The Labute approximate surface area is 129 Å². The third-order valence-corrected chi connectivity index (χ3v) is 3.24. The summed E-state index contributed by atoms with van der Waals surface area (Å²) in [4.78, 5) is 10.6. The summed E-state index contributed by atoms with van der Waals surface area (Å²) in [5.74, 6) is 0. The quantitative estimate of drug-likeness (QED) is 0.426. The van der Waals surface area contributed by atoms with Gasteiger partial charge < -0.3 is 9.47 Å². The van der Waals surface area contributed by atoms with Crippen molar-refractivity contribution in [2.24, 2.45) is 0 Å². The summed E-state index contributed by atoms with van der Waals surface area (Å²) in [7, 11) is 0. The van der Waals surface area contributed by atoms with Gasteiger partial charge in [0.1, 0.15) is 0 Å². The molecular weight excluding hydrogens is 282 g/mol. The van der Waals surface area contributed by atoms with Gasteiger partial charge in [0.15, 0.2) is 0 Å². The van der Waals surface area contributed by atoms with Gasteiger partial charge in [-0.2, -0.15) is 0 Å². The summed E-state index contributed by atoms with van der Waals surface area (Å²) in [6.45, 7) is 2.04. The van der Waals surface area contributed by atoms with Crippen molar-refractivity contribution in [2.45, 2.75) is 32.5 Å². The SMILES string of the molecule is CC(C(OCc1ccccc1)OCc1ccccc1)[N+](=O)[O-]. The maximum absolute atomic E-state index is 11.0. The first-order valence-electron chi connectivity index (χ1n) is 7.11. The van der Waals surface area contributed by atoms with Crippen molar-refractivity contribution in [1.82, 2.24) is 0 Å². The molecule has 5 nitrogen and oxygen atoms in total. The molecule has 0 aliphatic carbocycles. The van der Waals surface area contributed by atoms with Gasteiger partial charge in [0.2, 0.25) is 6.29 Å². The van der Waals surface area contributed by atoms with E-state index in [1.54, 1.807) is 0 Å².